The lowest BCUT2D eigenvalue weighted by Crippen LogP contribution is -2.31. The van der Waals surface area contributed by atoms with E-state index >= 15 is 0 Å². The van der Waals surface area contributed by atoms with Crippen molar-refractivity contribution < 1.29 is 46.1 Å². The van der Waals surface area contributed by atoms with Gasteiger partial charge in [-0.3, -0.25) is 9.69 Å². The Balaban J connectivity index is 1.92. The van der Waals surface area contributed by atoms with E-state index < -0.39 is 29.1 Å². The summed E-state index contributed by atoms with van der Waals surface area (Å²) < 4.78 is 77.1. The second-order valence-corrected chi connectivity index (χ2v) is 12.8. The number of rotatable bonds is 15. The van der Waals surface area contributed by atoms with Gasteiger partial charge in [0.05, 0.1) is 37.8 Å². The quantitative estimate of drug-likeness (QED) is 0.0890. The van der Waals surface area contributed by atoms with Crippen LogP contribution in [-0.4, -0.2) is 45.3 Å². The predicted octanol–water partition coefficient (Wildman–Crippen LogP) is 8.92. The zero-order chi connectivity index (χ0) is 36.7. The Morgan fingerprint density at radius 3 is 1.94 bits per heavy atom. The van der Waals surface area contributed by atoms with Crippen molar-refractivity contribution in [3.05, 3.63) is 81.2 Å². The van der Waals surface area contributed by atoms with Crippen molar-refractivity contribution in [3.8, 4) is 34.5 Å². The highest BCUT2D eigenvalue weighted by molar-refractivity contribution is 5.94. The summed E-state index contributed by atoms with van der Waals surface area (Å²) in [5.41, 5.74) is -0.271. The minimum Gasteiger partial charge on any atom is -0.493 e. The van der Waals surface area contributed by atoms with Crippen LogP contribution in [0, 0.1) is 11.8 Å². The summed E-state index contributed by atoms with van der Waals surface area (Å²) >= 11 is 0. The van der Waals surface area contributed by atoms with Crippen LogP contribution in [0.3, 0.4) is 0 Å². The molecule has 0 atom stereocenters. The number of hydrogen-bond acceptors (Lipinski definition) is 9. The largest absolute Gasteiger partial charge is 0.493 e. The van der Waals surface area contributed by atoms with Crippen LogP contribution in [0.1, 0.15) is 68.3 Å². The van der Waals surface area contributed by atoms with Crippen LogP contribution < -0.4 is 29.1 Å². The highest BCUT2D eigenvalue weighted by atomic mass is 19.4. The molecular formula is C38H44F3NO8. The molecule has 0 fully saturated rings. The lowest BCUT2D eigenvalue weighted by Gasteiger charge is -2.27. The molecule has 4 aromatic rings. The van der Waals surface area contributed by atoms with E-state index in [0.717, 1.165) is 18.4 Å². The van der Waals surface area contributed by atoms with Gasteiger partial charge in [-0.2, -0.15) is 13.2 Å². The van der Waals surface area contributed by atoms with E-state index in [2.05, 4.69) is 0 Å². The van der Waals surface area contributed by atoms with E-state index in [-0.39, 0.29) is 69.2 Å². The SMILES string of the molecule is CCCc1ccc(Oc2c(C(F)(F)F)oc3c(CN(CC(C)C)CC(C)C)c(OC(=O)c4cc(OC)c(OC)c(OC)c4)ccc3c2=O)cc1. The van der Waals surface area contributed by atoms with Crippen molar-refractivity contribution in [2.24, 2.45) is 11.8 Å². The van der Waals surface area contributed by atoms with Gasteiger partial charge < -0.3 is 28.1 Å². The standard InChI is InChI=1S/C38H44F3NO8/c1-9-10-24-11-13-26(14-12-24)48-35-32(43)27-15-16-29(49-37(44)25-17-30(45-6)34(47-8)31(18-25)46-7)28(33(27)50-36(35)38(39,40)41)21-42(19-22(2)3)20-23(4)5/h11-18,22-23H,9-10,19-21H2,1-8H3. The first-order valence-electron chi connectivity index (χ1n) is 16.4. The number of hydrogen-bond donors (Lipinski definition) is 0. The number of nitrogens with zero attached hydrogens (tertiary/aromatic N) is 1. The van der Waals surface area contributed by atoms with Gasteiger partial charge in [0.1, 0.15) is 17.1 Å². The van der Waals surface area contributed by atoms with E-state index in [4.69, 9.17) is 28.1 Å². The molecule has 9 nitrogen and oxygen atoms in total. The maximum atomic E-state index is 14.7. The molecule has 4 rings (SSSR count). The molecule has 0 N–H and O–H groups in total. The van der Waals surface area contributed by atoms with Gasteiger partial charge in [0, 0.05) is 19.6 Å². The Bertz CT molecular complexity index is 1810. The van der Waals surface area contributed by atoms with Crippen molar-refractivity contribution in [2.45, 2.75) is 60.2 Å². The zero-order valence-corrected chi connectivity index (χ0v) is 29.7. The smallest absolute Gasteiger partial charge is 0.453 e. The number of fused-ring (bicyclic) bond motifs is 1. The first kappa shape index (κ1) is 38.1. The molecule has 0 radical (unpaired) electrons. The second kappa shape index (κ2) is 16.3. The molecule has 0 aliphatic carbocycles. The zero-order valence-electron chi connectivity index (χ0n) is 29.7. The minimum atomic E-state index is -5.10. The van der Waals surface area contributed by atoms with E-state index in [1.54, 1.807) is 12.1 Å². The molecule has 1 aromatic heterocycles. The van der Waals surface area contributed by atoms with Gasteiger partial charge in [0.2, 0.25) is 16.9 Å². The third-order valence-electron chi connectivity index (χ3n) is 7.75. The normalized spacial score (nSPS) is 11.8. The maximum Gasteiger partial charge on any atom is 0.453 e. The number of halogens is 3. The van der Waals surface area contributed by atoms with Crippen LogP contribution in [0.2, 0.25) is 0 Å². The Labute approximate surface area is 289 Å². The fraction of sp³-hybridized carbons (Fsp3) is 0.421. The summed E-state index contributed by atoms with van der Waals surface area (Å²) in [6, 6.07) is 11.9. The maximum absolute atomic E-state index is 14.7. The molecule has 270 valence electrons. The van der Waals surface area contributed by atoms with Crippen LogP contribution in [0.5, 0.6) is 34.5 Å². The van der Waals surface area contributed by atoms with Crippen molar-refractivity contribution in [2.75, 3.05) is 34.4 Å². The third-order valence-corrected chi connectivity index (χ3v) is 7.75. The number of esters is 1. The molecule has 0 unspecified atom stereocenters. The van der Waals surface area contributed by atoms with Crippen LogP contribution in [0.4, 0.5) is 13.2 Å². The third kappa shape index (κ3) is 8.90. The predicted molar refractivity (Wildman–Crippen MR) is 184 cm³/mol. The van der Waals surface area contributed by atoms with Crippen molar-refractivity contribution in [3.63, 3.8) is 0 Å². The lowest BCUT2D eigenvalue weighted by atomic mass is 10.1. The molecule has 1 heterocycles. The minimum absolute atomic E-state index is 0.0187. The molecule has 3 aromatic carbocycles. The van der Waals surface area contributed by atoms with Gasteiger partial charge in [-0.1, -0.05) is 53.2 Å². The van der Waals surface area contributed by atoms with Gasteiger partial charge in [0.15, 0.2) is 11.5 Å². The monoisotopic (exact) mass is 699 g/mol. The Morgan fingerprint density at radius 1 is 0.840 bits per heavy atom. The fourth-order valence-electron chi connectivity index (χ4n) is 5.75. The summed E-state index contributed by atoms with van der Waals surface area (Å²) in [4.78, 5) is 29.5. The first-order chi connectivity index (χ1) is 23.7. The van der Waals surface area contributed by atoms with Gasteiger partial charge >= 0.3 is 12.1 Å². The summed E-state index contributed by atoms with van der Waals surface area (Å²) in [5, 5.41) is -0.160. The molecule has 0 spiro atoms. The van der Waals surface area contributed by atoms with Crippen molar-refractivity contribution >= 4 is 16.9 Å². The molecule has 0 aliphatic heterocycles. The molecule has 0 saturated heterocycles. The Hall–Kier alpha value is -4.71. The molecule has 50 heavy (non-hydrogen) atoms. The highest BCUT2D eigenvalue weighted by Gasteiger charge is 2.41. The number of ether oxygens (including phenoxy) is 5. The summed E-state index contributed by atoms with van der Waals surface area (Å²) in [7, 11) is 4.21. The summed E-state index contributed by atoms with van der Waals surface area (Å²) in [6.07, 6.45) is -3.42. The molecule has 0 bridgehead atoms. The fourth-order valence-corrected chi connectivity index (χ4v) is 5.75. The van der Waals surface area contributed by atoms with Crippen LogP contribution in [0.25, 0.3) is 11.0 Å². The van der Waals surface area contributed by atoms with Gasteiger partial charge in [-0.25, -0.2) is 4.79 Å². The number of alkyl halides is 3. The van der Waals surface area contributed by atoms with Crippen LogP contribution in [-0.2, 0) is 19.1 Å². The van der Waals surface area contributed by atoms with Crippen molar-refractivity contribution in [1.82, 2.24) is 4.90 Å². The average Bonchev–Trinajstić information content (AvgIpc) is 3.05. The summed E-state index contributed by atoms with van der Waals surface area (Å²) in [6.45, 7) is 11.2. The van der Waals surface area contributed by atoms with Crippen molar-refractivity contribution in [1.29, 1.82) is 0 Å². The van der Waals surface area contributed by atoms with E-state index in [1.165, 1.54) is 57.7 Å². The molecular weight excluding hydrogens is 655 g/mol. The highest BCUT2D eigenvalue weighted by Crippen LogP contribution is 2.42. The number of aryl methyl sites for hydroxylation is 1. The molecule has 0 aliphatic rings. The first-order valence-corrected chi connectivity index (χ1v) is 16.4. The Kier molecular flexibility index (Phi) is 12.4. The Morgan fingerprint density at radius 2 is 1.44 bits per heavy atom. The number of carbonyl (C=O) groups excluding carboxylic acids is 1. The molecule has 0 saturated carbocycles. The van der Waals surface area contributed by atoms with E-state index in [1.807, 2.05) is 39.5 Å². The van der Waals surface area contributed by atoms with Gasteiger partial charge in [0.25, 0.3) is 5.76 Å². The second-order valence-electron chi connectivity index (χ2n) is 12.8. The van der Waals surface area contributed by atoms with Gasteiger partial charge in [-0.05, 0) is 60.2 Å². The van der Waals surface area contributed by atoms with Crippen LogP contribution >= 0.6 is 0 Å². The van der Waals surface area contributed by atoms with Crippen LogP contribution in [0.15, 0.2) is 57.7 Å². The molecule has 12 heteroatoms. The average molecular weight is 700 g/mol. The lowest BCUT2D eigenvalue weighted by molar-refractivity contribution is -0.154. The summed E-state index contributed by atoms with van der Waals surface area (Å²) in [5.74, 6) is -2.42. The number of benzene rings is 3. The number of methoxy groups -OCH3 is 3. The van der Waals surface area contributed by atoms with E-state index in [0.29, 0.717) is 13.1 Å². The topological polar surface area (TPSA) is 96.7 Å². The number of carbonyl (C=O) groups is 1. The van der Waals surface area contributed by atoms with E-state index in [9.17, 15) is 22.8 Å². The molecule has 0 amide bonds. The van der Waals surface area contributed by atoms with Gasteiger partial charge in [-0.15, -0.1) is 0 Å².